The average Bonchev–Trinajstić information content (AvgIpc) is 2.64. The maximum Gasteiger partial charge on any atom is 0.259 e. The predicted octanol–water partition coefficient (Wildman–Crippen LogP) is 3.05. The monoisotopic (exact) mass is 271 g/mol. The molecule has 1 fully saturated rings. The van der Waals surface area contributed by atoms with Crippen molar-refractivity contribution >= 4 is 11.6 Å². The topological polar surface area (TPSA) is 40.5 Å². The number of carbonyl (C=O) groups excluding carboxylic acids is 1. The van der Waals surface area contributed by atoms with Crippen molar-refractivity contribution < 1.29 is 9.90 Å². The van der Waals surface area contributed by atoms with Gasteiger partial charge in [0.2, 0.25) is 0 Å². The van der Waals surface area contributed by atoms with Crippen LogP contribution in [-0.4, -0.2) is 28.1 Å². The Balaban J connectivity index is 1.83. The fourth-order valence-corrected chi connectivity index (χ4v) is 3.57. The molecule has 106 valence electrons. The molecule has 1 saturated carbocycles. The average molecular weight is 271 g/mol. The number of β-amino-alcohol motifs (C(OH)–C–C–N with tert-alkyl or cyclic N) is 1. The Labute approximate surface area is 119 Å². The molecule has 20 heavy (non-hydrogen) atoms. The Morgan fingerprint density at radius 2 is 2.10 bits per heavy atom. The zero-order valence-electron chi connectivity index (χ0n) is 11.9. The second-order valence-electron chi connectivity index (χ2n) is 6.31. The number of amides is 1. The van der Waals surface area contributed by atoms with Crippen LogP contribution in [0.25, 0.3) is 5.70 Å². The van der Waals surface area contributed by atoms with Crippen LogP contribution in [0, 0.1) is 5.92 Å². The number of hydrogen-bond acceptors (Lipinski definition) is 2. The molecule has 1 aliphatic heterocycles. The lowest BCUT2D eigenvalue weighted by molar-refractivity contribution is -0.0262. The molecule has 3 heteroatoms. The standard InChI is InChI=1S/C17H21NO2/c1-12-6-5-9-17(20,10-12)11-18-13(2)14-7-3-4-8-15(14)16(18)19/h3-4,7-8,12,20H,2,5-6,9-11H2,1H3. The number of fused-ring (bicyclic) bond motifs is 1. The molecule has 1 aromatic carbocycles. The van der Waals surface area contributed by atoms with E-state index in [1.54, 1.807) is 4.90 Å². The summed E-state index contributed by atoms with van der Waals surface area (Å²) in [4.78, 5) is 14.1. The minimum atomic E-state index is -0.766. The van der Waals surface area contributed by atoms with Gasteiger partial charge >= 0.3 is 0 Å². The van der Waals surface area contributed by atoms with Gasteiger partial charge < -0.3 is 10.0 Å². The Hall–Kier alpha value is -1.61. The highest BCUT2D eigenvalue weighted by molar-refractivity contribution is 6.08. The lowest BCUT2D eigenvalue weighted by Gasteiger charge is -2.38. The number of nitrogens with zero attached hydrogens (tertiary/aromatic N) is 1. The van der Waals surface area contributed by atoms with Crippen LogP contribution in [0.1, 0.15) is 48.5 Å². The lowest BCUT2D eigenvalue weighted by atomic mass is 9.78. The Kier molecular flexibility index (Phi) is 3.17. The molecule has 0 bridgehead atoms. The van der Waals surface area contributed by atoms with E-state index in [9.17, 15) is 9.90 Å². The Morgan fingerprint density at radius 3 is 2.75 bits per heavy atom. The van der Waals surface area contributed by atoms with Gasteiger partial charge in [-0.2, -0.15) is 0 Å². The Morgan fingerprint density at radius 1 is 1.40 bits per heavy atom. The molecular weight excluding hydrogens is 250 g/mol. The smallest absolute Gasteiger partial charge is 0.259 e. The molecular formula is C17H21NO2. The minimum absolute atomic E-state index is 0.0303. The van der Waals surface area contributed by atoms with Gasteiger partial charge in [0.1, 0.15) is 0 Å². The summed E-state index contributed by atoms with van der Waals surface area (Å²) < 4.78 is 0. The van der Waals surface area contributed by atoms with Gasteiger partial charge in [-0.3, -0.25) is 4.79 Å². The highest BCUT2D eigenvalue weighted by atomic mass is 16.3. The van der Waals surface area contributed by atoms with E-state index < -0.39 is 5.60 Å². The minimum Gasteiger partial charge on any atom is -0.388 e. The zero-order valence-corrected chi connectivity index (χ0v) is 11.9. The number of hydrogen-bond donors (Lipinski definition) is 1. The van der Waals surface area contributed by atoms with Crippen molar-refractivity contribution in [3.05, 3.63) is 42.0 Å². The van der Waals surface area contributed by atoms with Gasteiger partial charge in [0.25, 0.3) is 5.91 Å². The summed E-state index contributed by atoms with van der Waals surface area (Å²) >= 11 is 0. The van der Waals surface area contributed by atoms with E-state index in [4.69, 9.17) is 0 Å². The van der Waals surface area contributed by atoms with E-state index in [0.717, 1.165) is 36.9 Å². The van der Waals surface area contributed by atoms with Crippen LogP contribution in [0.2, 0.25) is 0 Å². The molecule has 2 aliphatic rings. The van der Waals surface area contributed by atoms with E-state index >= 15 is 0 Å². The summed E-state index contributed by atoms with van der Waals surface area (Å²) in [6, 6.07) is 7.53. The van der Waals surface area contributed by atoms with Gasteiger partial charge in [0.05, 0.1) is 12.1 Å². The first-order chi connectivity index (χ1) is 9.50. The Bertz CT molecular complexity index is 531. The summed E-state index contributed by atoms with van der Waals surface area (Å²) in [5, 5.41) is 10.8. The van der Waals surface area contributed by atoms with Crippen molar-refractivity contribution in [1.82, 2.24) is 4.90 Å². The summed E-state index contributed by atoms with van der Waals surface area (Å²) in [6.07, 6.45) is 3.72. The number of benzene rings is 1. The molecule has 0 aromatic heterocycles. The quantitative estimate of drug-likeness (QED) is 0.898. The van der Waals surface area contributed by atoms with Gasteiger partial charge in [0.15, 0.2) is 0 Å². The van der Waals surface area contributed by atoms with E-state index in [1.807, 2.05) is 24.3 Å². The van der Waals surface area contributed by atoms with Crippen LogP contribution in [-0.2, 0) is 0 Å². The molecule has 0 saturated heterocycles. The van der Waals surface area contributed by atoms with Crippen LogP contribution in [0.15, 0.2) is 30.8 Å². The van der Waals surface area contributed by atoms with E-state index in [-0.39, 0.29) is 5.91 Å². The SMILES string of the molecule is C=C1c2ccccc2C(=O)N1CC1(O)CCCC(C)C1. The largest absolute Gasteiger partial charge is 0.388 e. The van der Waals surface area contributed by atoms with Crippen LogP contribution in [0.4, 0.5) is 0 Å². The molecule has 1 aliphatic carbocycles. The lowest BCUT2D eigenvalue weighted by Crippen LogP contribution is -2.45. The second-order valence-corrected chi connectivity index (χ2v) is 6.31. The van der Waals surface area contributed by atoms with E-state index in [2.05, 4.69) is 13.5 Å². The van der Waals surface area contributed by atoms with Crippen LogP contribution < -0.4 is 0 Å². The predicted molar refractivity (Wildman–Crippen MR) is 79.1 cm³/mol. The molecule has 2 unspecified atom stereocenters. The van der Waals surface area contributed by atoms with Gasteiger partial charge in [-0.15, -0.1) is 0 Å². The molecule has 1 N–H and O–H groups in total. The molecule has 0 spiro atoms. The van der Waals surface area contributed by atoms with Crippen molar-refractivity contribution in [2.75, 3.05) is 6.54 Å². The molecule has 0 radical (unpaired) electrons. The fraction of sp³-hybridized carbons (Fsp3) is 0.471. The van der Waals surface area contributed by atoms with Crippen molar-refractivity contribution in [3.63, 3.8) is 0 Å². The fourth-order valence-electron chi connectivity index (χ4n) is 3.57. The molecule has 1 aromatic rings. The van der Waals surface area contributed by atoms with Gasteiger partial charge in [-0.1, -0.05) is 44.5 Å². The zero-order chi connectivity index (χ0) is 14.3. The van der Waals surface area contributed by atoms with Crippen molar-refractivity contribution in [1.29, 1.82) is 0 Å². The van der Waals surface area contributed by atoms with Crippen molar-refractivity contribution in [2.45, 2.75) is 38.2 Å². The van der Waals surface area contributed by atoms with Crippen molar-refractivity contribution in [3.8, 4) is 0 Å². The summed E-state index contributed by atoms with van der Waals surface area (Å²) in [5.74, 6) is 0.486. The third kappa shape index (κ3) is 2.16. The number of aliphatic hydroxyl groups is 1. The molecule has 1 heterocycles. The van der Waals surface area contributed by atoms with E-state index in [0.29, 0.717) is 18.0 Å². The molecule has 2 atom stereocenters. The molecule has 3 rings (SSSR count). The van der Waals surface area contributed by atoms with Gasteiger partial charge in [-0.25, -0.2) is 0 Å². The first-order valence-corrected chi connectivity index (χ1v) is 7.33. The summed E-state index contributed by atoms with van der Waals surface area (Å²) in [7, 11) is 0. The first-order valence-electron chi connectivity index (χ1n) is 7.33. The van der Waals surface area contributed by atoms with Crippen molar-refractivity contribution in [2.24, 2.45) is 5.92 Å². The summed E-state index contributed by atoms with van der Waals surface area (Å²) in [6.45, 7) is 6.57. The maximum atomic E-state index is 12.5. The third-order valence-corrected chi connectivity index (χ3v) is 4.56. The van der Waals surface area contributed by atoms with Gasteiger partial charge in [-0.05, 0) is 24.8 Å². The molecule has 3 nitrogen and oxygen atoms in total. The number of rotatable bonds is 2. The first kappa shape index (κ1) is 13.4. The second kappa shape index (κ2) is 4.74. The van der Waals surface area contributed by atoms with Gasteiger partial charge in [0, 0.05) is 16.8 Å². The number of carbonyl (C=O) groups is 1. The highest BCUT2D eigenvalue weighted by Gasteiger charge is 2.39. The maximum absolute atomic E-state index is 12.5. The molecule has 1 amide bonds. The van der Waals surface area contributed by atoms with Crippen LogP contribution in [0.3, 0.4) is 0 Å². The third-order valence-electron chi connectivity index (χ3n) is 4.56. The van der Waals surface area contributed by atoms with E-state index in [1.165, 1.54) is 0 Å². The normalized spacial score (nSPS) is 29.7. The highest BCUT2D eigenvalue weighted by Crippen LogP contribution is 2.37. The van der Waals surface area contributed by atoms with Crippen LogP contribution in [0.5, 0.6) is 0 Å². The summed E-state index contributed by atoms with van der Waals surface area (Å²) in [5.41, 5.74) is 1.55. The van der Waals surface area contributed by atoms with Crippen LogP contribution >= 0.6 is 0 Å².